The molecule has 1 aliphatic heterocycles. The number of hydrogen-bond donors (Lipinski definition) is 0. The van der Waals surface area contributed by atoms with E-state index in [0.29, 0.717) is 0 Å². The van der Waals surface area contributed by atoms with Crippen molar-refractivity contribution in [2.45, 2.75) is 6.42 Å². The molecule has 0 unspecified atom stereocenters. The number of nitro groups is 1. The first-order valence-electron chi connectivity index (χ1n) is 4.04. The lowest BCUT2D eigenvalue weighted by molar-refractivity contribution is -0.384. The van der Waals surface area contributed by atoms with Crippen molar-refractivity contribution >= 4 is 11.9 Å². The number of non-ortho nitro benzene ring substituents is 1. The van der Waals surface area contributed by atoms with Gasteiger partial charge in [0.25, 0.3) is 5.69 Å². The Bertz CT molecular complexity index is 385. The molecule has 4 heteroatoms. The van der Waals surface area contributed by atoms with Gasteiger partial charge in [0.2, 0.25) is 0 Å². The molecule has 0 fully saturated rings. The van der Waals surface area contributed by atoms with E-state index in [9.17, 15) is 10.1 Å². The van der Waals surface area contributed by atoms with Crippen molar-refractivity contribution in [2.75, 3.05) is 6.54 Å². The van der Waals surface area contributed by atoms with Gasteiger partial charge >= 0.3 is 0 Å². The largest absolute Gasteiger partial charge is 0.292 e. The third-order valence-electron chi connectivity index (χ3n) is 2.08. The van der Waals surface area contributed by atoms with Gasteiger partial charge in [0, 0.05) is 24.9 Å². The van der Waals surface area contributed by atoms with Gasteiger partial charge in [-0.2, -0.15) is 0 Å². The predicted molar refractivity (Wildman–Crippen MR) is 49.3 cm³/mol. The normalized spacial score (nSPS) is 13.8. The minimum absolute atomic E-state index is 0.161. The summed E-state index contributed by atoms with van der Waals surface area (Å²) in [6.45, 7) is 0.730. The highest BCUT2D eigenvalue weighted by molar-refractivity contribution is 5.83. The van der Waals surface area contributed by atoms with Crippen molar-refractivity contribution < 1.29 is 4.92 Å². The highest BCUT2D eigenvalue weighted by Gasteiger charge is 2.11. The van der Waals surface area contributed by atoms with E-state index >= 15 is 0 Å². The van der Waals surface area contributed by atoms with Crippen LogP contribution in [0.15, 0.2) is 23.2 Å². The molecule has 0 radical (unpaired) electrons. The Morgan fingerprint density at radius 3 is 3.08 bits per heavy atom. The number of aliphatic imine (C=N–C) groups is 1. The maximum Gasteiger partial charge on any atom is 0.269 e. The fraction of sp³-hybridized carbons (Fsp3) is 0.222. The summed E-state index contributed by atoms with van der Waals surface area (Å²) >= 11 is 0. The molecule has 0 N–H and O–H groups in total. The molecule has 0 saturated heterocycles. The average Bonchev–Trinajstić information content (AvgIpc) is 2.17. The molecule has 0 aromatic heterocycles. The Hall–Kier alpha value is -1.71. The molecule has 0 aliphatic carbocycles. The van der Waals surface area contributed by atoms with Crippen LogP contribution in [0.5, 0.6) is 0 Å². The summed E-state index contributed by atoms with van der Waals surface area (Å²) in [7, 11) is 0. The number of benzene rings is 1. The third-order valence-corrected chi connectivity index (χ3v) is 2.08. The number of rotatable bonds is 1. The number of nitrogens with zero attached hydrogens (tertiary/aromatic N) is 2. The van der Waals surface area contributed by atoms with E-state index in [-0.39, 0.29) is 10.6 Å². The van der Waals surface area contributed by atoms with Crippen molar-refractivity contribution in [3.05, 3.63) is 39.4 Å². The smallest absolute Gasteiger partial charge is 0.269 e. The van der Waals surface area contributed by atoms with Gasteiger partial charge in [0.15, 0.2) is 0 Å². The molecule has 0 bridgehead atoms. The average molecular weight is 176 g/mol. The Kier molecular flexibility index (Phi) is 1.81. The van der Waals surface area contributed by atoms with Gasteiger partial charge < -0.3 is 0 Å². The van der Waals surface area contributed by atoms with Gasteiger partial charge in [-0.05, 0) is 23.6 Å². The van der Waals surface area contributed by atoms with Crippen molar-refractivity contribution in [3.63, 3.8) is 0 Å². The topological polar surface area (TPSA) is 55.5 Å². The summed E-state index contributed by atoms with van der Waals surface area (Å²) in [4.78, 5) is 14.2. The van der Waals surface area contributed by atoms with E-state index in [1.54, 1.807) is 18.3 Å². The Morgan fingerprint density at radius 2 is 2.31 bits per heavy atom. The van der Waals surface area contributed by atoms with Crippen LogP contribution < -0.4 is 0 Å². The molecule has 1 aromatic rings. The van der Waals surface area contributed by atoms with Crippen LogP contribution in [0.2, 0.25) is 0 Å². The zero-order valence-electron chi connectivity index (χ0n) is 6.93. The maximum absolute atomic E-state index is 10.5. The van der Waals surface area contributed by atoms with E-state index in [0.717, 1.165) is 24.1 Å². The molecule has 2 rings (SSSR count). The summed E-state index contributed by atoms with van der Waals surface area (Å²) < 4.78 is 0. The number of hydrogen-bond acceptors (Lipinski definition) is 3. The second kappa shape index (κ2) is 2.97. The van der Waals surface area contributed by atoms with Gasteiger partial charge in [-0.3, -0.25) is 15.1 Å². The van der Waals surface area contributed by atoms with E-state index < -0.39 is 0 Å². The molecule has 0 atom stereocenters. The molecule has 0 saturated carbocycles. The molecule has 4 nitrogen and oxygen atoms in total. The van der Waals surface area contributed by atoms with Gasteiger partial charge in [0.1, 0.15) is 0 Å². The summed E-state index contributed by atoms with van der Waals surface area (Å²) in [5, 5.41) is 10.5. The lowest BCUT2D eigenvalue weighted by atomic mass is 10.0. The van der Waals surface area contributed by atoms with Crippen LogP contribution in [0.25, 0.3) is 0 Å². The summed E-state index contributed by atoms with van der Waals surface area (Å²) in [6, 6.07) is 4.88. The van der Waals surface area contributed by atoms with Crippen molar-refractivity contribution in [3.8, 4) is 0 Å². The summed E-state index contributed by atoms with van der Waals surface area (Å²) in [6.07, 6.45) is 2.57. The van der Waals surface area contributed by atoms with Crippen LogP contribution in [-0.4, -0.2) is 17.7 Å². The second-order valence-electron chi connectivity index (χ2n) is 2.93. The van der Waals surface area contributed by atoms with Crippen LogP contribution in [-0.2, 0) is 6.42 Å². The SMILES string of the molecule is O=[N+]([O-])c1ccc2c(c1)CCN=C2. The quantitative estimate of drug-likeness (QED) is 0.481. The molecular formula is C9H8N2O2. The molecular weight excluding hydrogens is 168 g/mol. The first-order chi connectivity index (χ1) is 6.27. The van der Waals surface area contributed by atoms with E-state index in [2.05, 4.69) is 4.99 Å². The highest BCUT2D eigenvalue weighted by Crippen LogP contribution is 2.19. The molecule has 1 heterocycles. The first kappa shape index (κ1) is 7.91. The lowest BCUT2D eigenvalue weighted by Gasteiger charge is -2.08. The van der Waals surface area contributed by atoms with Gasteiger partial charge in [-0.1, -0.05) is 0 Å². The van der Waals surface area contributed by atoms with Crippen molar-refractivity contribution in [1.82, 2.24) is 0 Å². The van der Waals surface area contributed by atoms with Gasteiger partial charge in [-0.15, -0.1) is 0 Å². The first-order valence-corrected chi connectivity index (χ1v) is 4.04. The van der Waals surface area contributed by atoms with Gasteiger partial charge in [0.05, 0.1) is 4.92 Å². The second-order valence-corrected chi connectivity index (χ2v) is 2.93. The third kappa shape index (κ3) is 1.42. The molecule has 0 amide bonds. The van der Waals surface area contributed by atoms with E-state index in [1.165, 1.54) is 6.07 Å². The molecule has 1 aliphatic rings. The fourth-order valence-electron chi connectivity index (χ4n) is 1.40. The Balaban J connectivity index is 2.48. The Morgan fingerprint density at radius 1 is 1.46 bits per heavy atom. The number of nitro benzene ring substituents is 1. The van der Waals surface area contributed by atoms with Crippen LogP contribution in [0.3, 0.4) is 0 Å². The zero-order chi connectivity index (χ0) is 9.26. The number of fused-ring (bicyclic) bond motifs is 1. The lowest BCUT2D eigenvalue weighted by Crippen LogP contribution is -2.03. The van der Waals surface area contributed by atoms with Crippen LogP contribution >= 0.6 is 0 Å². The minimum atomic E-state index is -0.369. The Labute approximate surface area is 75.1 Å². The zero-order valence-corrected chi connectivity index (χ0v) is 6.93. The highest BCUT2D eigenvalue weighted by atomic mass is 16.6. The molecule has 0 spiro atoms. The van der Waals surface area contributed by atoms with Crippen LogP contribution in [0.4, 0.5) is 5.69 Å². The van der Waals surface area contributed by atoms with E-state index in [4.69, 9.17) is 0 Å². The van der Waals surface area contributed by atoms with Crippen LogP contribution in [0, 0.1) is 10.1 Å². The summed E-state index contributed by atoms with van der Waals surface area (Å²) in [5.41, 5.74) is 2.18. The van der Waals surface area contributed by atoms with Gasteiger partial charge in [-0.25, -0.2) is 0 Å². The monoisotopic (exact) mass is 176 g/mol. The molecule has 1 aromatic carbocycles. The maximum atomic E-state index is 10.5. The molecule has 13 heavy (non-hydrogen) atoms. The standard InChI is InChI=1S/C9H8N2O2/c12-11(13)9-2-1-8-6-10-4-3-7(8)5-9/h1-2,5-6H,3-4H2. The molecule has 66 valence electrons. The predicted octanol–water partition coefficient (Wildman–Crippen LogP) is 1.57. The van der Waals surface area contributed by atoms with Crippen molar-refractivity contribution in [1.29, 1.82) is 0 Å². The van der Waals surface area contributed by atoms with Crippen molar-refractivity contribution in [2.24, 2.45) is 4.99 Å². The minimum Gasteiger partial charge on any atom is -0.292 e. The van der Waals surface area contributed by atoms with Crippen LogP contribution in [0.1, 0.15) is 11.1 Å². The summed E-state index contributed by atoms with van der Waals surface area (Å²) in [5.74, 6) is 0. The van der Waals surface area contributed by atoms with E-state index in [1.807, 2.05) is 0 Å². The fourth-order valence-corrected chi connectivity index (χ4v) is 1.40.